The predicted octanol–water partition coefficient (Wildman–Crippen LogP) is 4.54. The summed E-state index contributed by atoms with van der Waals surface area (Å²) < 4.78 is 5.10. The van der Waals surface area contributed by atoms with E-state index in [1.807, 2.05) is 24.3 Å². The van der Waals surface area contributed by atoms with E-state index < -0.39 is 17.7 Å². The zero-order valence-corrected chi connectivity index (χ0v) is 17.5. The van der Waals surface area contributed by atoms with Crippen LogP contribution in [0.4, 0.5) is 0 Å². The third-order valence-corrected chi connectivity index (χ3v) is 5.92. The van der Waals surface area contributed by atoms with E-state index in [0.29, 0.717) is 21.2 Å². The van der Waals surface area contributed by atoms with E-state index in [-0.39, 0.29) is 24.5 Å². The number of halogens is 2. The van der Waals surface area contributed by atoms with Crippen molar-refractivity contribution in [2.75, 3.05) is 20.3 Å². The number of methoxy groups -OCH3 is 1. The lowest BCUT2D eigenvalue weighted by molar-refractivity contribution is -0.140. The molecule has 4 rings (SSSR count). The van der Waals surface area contributed by atoms with Crippen LogP contribution in [-0.2, 0) is 14.3 Å². The number of H-pyrrole nitrogens is 1. The third-order valence-electron chi connectivity index (χ3n) is 5.18. The molecule has 1 amide bonds. The molecule has 0 aliphatic carbocycles. The Bertz CT molecular complexity index is 1180. The summed E-state index contributed by atoms with van der Waals surface area (Å²) in [5.74, 6) is -1.71. The molecule has 6 nitrogen and oxygen atoms in total. The first-order valence-corrected chi connectivity index (χ1v) is 9.98. The summed E-state index contributed by atoms with van der Waals surface area (Å²) in [7, 11) is 1.51. The number of hydrogen-bond donors (Lipinski definition) is 2. The second kappa shape index (κ2) is 8.14. The average Bonchev–Trinajstić information content (AvgIpc) is 3.28. The zero-order chi connectivity index (χ0) is 21.4. The number of carbonyl (C=O) groups excluding carboxylic acids is 2. The largest absolute Gasteiger partial charge is 0.507 e. The fourth-order valence-electron chi connectivity index (χ4n) is 3.74. The summed E-state index contributed by atoms with van der Waals surface area (Å²) in [6, 6.07) is 11.5. The van der Waals surface area contributed by atoms with Gasteiger partial charge in [-0.15, -0.1) is 0 Å². The molecule has 3 aromatic rings. The van der Waals surface area contributed by atoms with Crippen LogP contribution in [0.25, 0.3) is 16.7 Å². The number of Topliss-reactive ketones (excluding diaryl/α,β-unsaturated/α-hetero) is 1. The summed E-state index contributed by atoms with van der Waals surface area (Å²) in [5, 5.41) is 12.5. The van der Waals surface area contributed by atoms with Crippen molar-refractivity contribution in [2.24, 2.45) is 0 Å². The number of hydrogen-bond acceptors (Lipinski definition) is 4. The molecule has 1 fully saturated rings. The van der Waals surface area contributed by atoms with E-state index in [0.717, 1.165) is 10.9 Å². The van der Waals surface area contributed by atoms with Gasteiger partial charge in [0, 0.05) is 36.3 Å². The second-order valence-electron chi connectivity index (χ2n) is 6.91. The SMILES string of the molecule is COCCN1C(=O)C(=O)/C(=C(\O)c2c[nH]c3ccccc23)C1c1ccc(Cl)c(Cl)c1. The van der Waals surface area contributed by atoms with Crippen LogP contribution in [0, 0.1) is 0 Å². The van der Waals surface area contributed by atoms with Crippen molar-refractivity contribution in [1.82, 2.24) is 9.88 Å². The molecule has 1 unspecified atom stereocenters. The third kappa shape index (κ3) is 3.37. The first-order chi connectivity index (χ1) is 14.4. The van der Waals surface area contributed by atoms with E-state index in [1.165, 1.54) is 12.0 Å². The molecular formula is C22H18Cl2N2O4. The minimum Gasteiger partial charge on any atom is -0.507 e. The second-order valence-corrected chi connectivity index (χ2v) is 7.72. The Kier molecular flexibility index (Phi) is 5.56. The maximum atomic E-state index is 13.0. The molecule has 8 heteroatoms. The van der Waals surface area contributed by atoms with Gasteiger partial charge in [0.2, 0.25) is 0 Å². The number of aromatic amines is 1. The van der Waals surface area contributed by atoms with Crippen molar-refractivity contribution in [2.45, 2.75) is 6.04 Å². The van der Waals surface area contributed by atoms with Gasteiger partial charge in [0.1, 0.15) is 5.76 Å². The predicted molar refractivity (Wildman–Crippen MR) is 116 cm³/mol. The highest BCUT2D eigenvalue weighted by Crippen LogP contribution is 2.41. The highest BCUT2D eigenvalue weighted by atomic mass is 35.5. The number of ether oxygens (including phenoxy) is 1. The number of aromatic nitrogens is 1. The fraction of sp³-hybridized carbons (Fsp3) is 0.182. The first kappa shape index (κ1) is 20.5. The number of ketones is 1. The molecule has 1 aliphatic heterocycles. The molecule has 2 aromatic carbocycles. The van der Waals surface area contributed by atoms with Crippen LogP contribution in [0.1, 0.15) is 17.2 Å². The summed E-state index contributed by atoms with van der Waals surface area (Å²) in [4.78, 5) is 30.2. The number of nitrogens with one attached hydrogen (secondary N) is 1. The average molecular weight is 445 g/mol. The van der Waals surface area contributed by atoms with Gasteiger partial charge in [-0.2, -0.15) is 0 Å². The maximum absolute atomic E-state index is 13.0. The molecule has 1 aliphatic rings. The Hall–Kier alpha value is -2.80. The van der Waals surface area contributed by atoms with Crippen LogP contribution < -0.4 is 0 Å². The van der Waals surface area contributed by atoms with Gasteiger partial charge in [0.05, 0.1) is 28.3 Å². The fourth-order valence-corrected chi connectivity index (χ4v) is 4.05. The number of aliphatic hydroxyl groups excluding tert-OH is 1. The highest BCUT2D eigenvalue weighted by molar-refractivity contribution is 6.47. The summed E-state index contributed by atoms with van der Waals surface area (Å²) in [5.41, 5.74) is 1.82. The van der Waals surface area contributed by atoms with Crippen LogP contribution in [0.3, 0.4) is 0 Å². The molecule has 2 heterocycles. The minimum atomic E-state index is -0.816. The van der Waals surface area contributed by atoms with Crippen molar-refractivity contribution in [1.29, 1.82) is 0 Å². The molecule has 2 N–H and O–H groups in total. The Morgan fingerprint density at radius 2 is 1.93 bits per heavy atom. The Labute approximate surface area is 182 Å². The van der Waals surface area contributed by atoms with Gasteiger partial charge in [-0.3, -0.25) is 9.59 Å². The lowest BCUT2D eigenvalue weighted by Gasteiger charge is -2.25. The molecule has 154 valence electrons. The quantitative estimate of drug-likeness (QED) is 0.343. The molecule has 1 atom stereocenters. The number of likely N-dealkylation sites (tertiary alicyclic amines) is 1. The summed E-state index contributed by atoms with van der Waals surface area (Å²) >= 11 is 12.2. The summed E-state index contributed by atoms with van der Waals surface area (Å²) in [6.45, 7) is 0.411. The van der Waals surface area contributed by atoms with Gasteiger partial charge in [0.25, 0.3) is 11.7 Å². The molecule has 0 spiro atoms. The van der Waals surface area contributed by atoms with Gasteiger partial charge in [-0.05, 0) is 23.8 Å². The summed E-state index contributed by atoms with van der Waals surface area (Å²) in [6.07, 6.45) is 1.62. The standard InChI is InChI=1S/C22H18Cl2N2O4/c1-30-9-8-26-19(12-6-7-15(23)16(24)10-12)18(21(28)22(26)29)20(27)14-11-25-17-5-3-2-4-13(14)17/h2-7,10-11,19,25,27H,8-9H2,1H3/b20-18-. The number of para-hydroxylation sites is 1. The monoisotopic (exact) mass is 444 g/mol. The number of benzene rings is 2. The molecule has 1 saturated heterocycles. The van der Waals surface area contributed by atoms with Crippen molar-refractivity contribution in [3.63, 3.8) is 0 Å². The van der Waals surface area contributed by atoms with E-state index in [1.54, 1.807) is 24.4 Å². The molecule has 0 bridgehead atoms. The normalized spacial score (nSPS) is 18.5. The van der Waals surface area contributed by atoms with Crippen molar-refractivity contribution in [3.05, 3.63) is 75.4 Å². The number of carbonyl (C=O) groups is 2. The maximum Gasteiger partial charge on any atom is 0.295 e. The van der Waals surface area contributed by atoms with Crippen LogP contribution in [0.15, 0.2) is 54.2 Å². The number of amides is 1. The number of nitrogens with zero attached hydrogens (tertiary/aromatic N) is 1. The molecule has 0 saturated carbocycles. The Morgan fingerprint density at radius 3 is 2.67 bits per heavy atom. The van der Waals surface area contributed by atoms with Crippen molar-refractivity contribution in [3.8, 4) is 0 Å². The molecule has 0 radical (unpaired) electrons. The lowest BCUT2D eigenvalue weighted by atomic mass is 9.95. The van der Waals surface area contributed by atoms with Crippen molar-refractivity contribution < 1.29 is 19.4 Å². The topological polar surface area (TPSA) is 82.6 Å². The van der Waals surface area contributed by atoms with Crippen LogP contribution in [-0.4, -0.2) is 46.9 Å². The van der Waals surface area contributed by atoms with Gasteiger partial charge in [-0.1, -0.05) is 47.5 Å². The van der Waals surface area contributed by atoms with Gasteiger partial charge < -0.3 is 19.7 Å². The number of fused-ring (bicyclic) bond motifs is 1. The van der Waals surface area contributed by atoms with Gasteiger partial charge in [0.15, 0.2) is 0 Å². The Morgan fingerprint density at radius 1 is 1.17 bits per heavy atom. The van der Waals surface area contributed by atoms with Crippen molar-refractivity contribution >= 4 is 51.6 Å². The number of aliphatic hydroxyl groups is 1. The van der Waals surface area contributed by atoms with Crippen LogP contribution in [0.5, 0.6) is 0 Å². The molecular weight excluding hydrogens is 427 g/mol. The molecule has 30 heavy (non-hydrogen) atoms. The molecule has 1 aromatic heterocycles. The van der Waals surface area contributed by atoms with E-state index in [2.05, 4.69) is 4.98 Å². The zero-order valence-electron chi connectivity index (χ0n) is 16.0. The minimum absolute atomic E-state index is 0.000699. The van der Waals surface area contributed by atoms with Gasteiger partial charge in [-0.25, -0.2) is 0 Å². The lowest BCUT2D eigenvalue weighted by Crippen LogP contribution is -2.32. The Balaban J connectivity index is 1.92. The smallest absolute Gasteiger partial charge is 0.295 e. The van der Waals surface area contributed by atoms with Gasteiger partial charge >= 0.3 is 0 Å². The van der Waals surface area contributed by atoms with E-state index in [4.69, 9.17) is 27.9 Å². The van der Waals surface area contributed by atoms with Crippen LogP contribution >= 0.6 is 23.2 Å². The first-order valence-electron chi connectivity index (χ1n) is 9.22. The van der Waals surface area contributed by atoms with E-state index >= 15 is 0 Å². The van der Waals surface area contributed by atoms with E-state index in [9.17, 15) is 14.7 Å². The highest BCUT2D eigenvalue weighted by Gasteiger charge is 2.46. The number of rotatable bonds is 5. The van der Waals surface area contributed by atoms with Crippen LogP contribution in [0.2, 0.25) is 10.0 Å².